The smallest absolute Gasteiger partial charge is 0.257 e. The lowest BCUT2D eigenvalue weighted by molar-refractivity contribution is -0.126. The van der Waals surface area contributed by atoms with Crippen LogP contribution in [0.25, 0.3) is 0 Å². The minimum atomic E-state index is -0.290. The van der Waals surface area contributed by atoms with Crippen LogP contribution in [0.1, 0.15) is 22.3 Å². The normalized spacial score (nSPS) is 10.3. The van der Waals surface area contributed by atoms with E-state index in [1.807, 2.05) is 57.2 Å². The van der Waals surface area contributed by atoms with Crippen molar-refractivity contribution in [3.05, 3.63) is 64.7 Å². The summed E-state index contributed by atoms with van der Waals surface area (Å²) in [4.78, 5) is 23.6. The molecule has 3 N–H and O–H groups in total. The third-order valence-electron chi connectivity index (χ3n) is 3.75. The van der Waals surface area contributed by atoms with E-state index in [4.69, 9.17) is 0 Å². The first kappa shape index (κ1) is 19.8. The maximum atomic E-state index is 11.8. The van der Waals surface area contributed by atoms with Crippen LogP contribution in [0.5, 0.6) is 0 Å². The molecule has 0 saturated heterocycles. The van der Waals surface area contributed by atoms with Crippen LogP contribution >= 0.6 is 11.8 Å². The van der Waals surface area contributed by atoms with E-state index < -0.39 is 0 Å². The lowest BCUT2D eigenvalue weighted by Crippen LogP contribution is -2.44. The van der Waals surface area contributed by atoms with Crippen molar-refractivity contribution in [2.24, 2.45) is 0 Å². The zero-order valence-electron chi connectivity index (χ0n) is 15.4. The molecule has 2 aromatic rings. The standard InChI is InChI=1S/C20H25N3O2S/c1-14-5-4-6-17(10-14)12-26-13-20(25)23-22-19(24)11-21-18-8-7-15(2)9-16(18)3/h4-10,21H,11-13H2,1-3H3,(H,22,24)(H,23,25). The molecule has 0 unspecified atom stereocenters. The minimum absolute atomic E-state index is 0.0978. The maximum Gasteiger partial charge on any atom is 0.257 e. The van der Waals surface area contributed by atoms with Crippen LogP contribution in [0.15, 0.2) is 42.5 Å². The average molecular weight is 372 g/mol. The molecular formula is C20H25N3O2S. The van der Waals surface area contributed by atoms with Crippen molar-refractivity contribution in [3.63, 3.8) is 0 Å². The summed E-state index contributed by atoms with van der Waals surface area (Å²) in [5.41, 5.74) is 10.4. The van der Waals surface area contributed by atoms with Crippen LogP contribution in [0.3, 0.4) is 0 Å². The zero-order chi connectivity index (χ0) is 18.9. The number of anilines is 1. The third kappa shape index (κ3) is 6.80. The van der Waals surface area contributed by atoms with Gasteiger partial charge in [0.05, 0.1) is 12.3 Å². The van der Waals surface area contributed by atoms with Crippen molar-refractivity contribution < 1.29 is 9.59 Å². The van der Waals surface area contributed by atoms with Gasteiger partial charge in [0.25, 0.3) is 5.91 Å². The van der Waals surface area contributed by atoms with E-state index in [0.29, 0.717) is 5.75 Å². The van der Waals surface area contributed by atoms with Gasteiger partial charge in [-0.15, -0.1) is 11.8 Å². The van der Waals surface area contributed by atoms with Gasteiger partial charge in [-0.25, -0.2) is 0 Å². The summed E-state index contributed by atoms with van der Waals surface area (Å²) >= 11 is 1.51. The second kappa shape index (κ2) is 9.87. The van der Waals surface area contributed by atoms with Gasteiger partial charge in [0.1, 0.15) is 0 Å². The van der Waals surface area contributed by atoms with Crippen molar-refractivity contribution >= 4 is 29.3 Å². The quantitative estimate of drug-likeness (QED) is 0.654. The van der Waals surface area contributed by atoms with Crippen molar-refractivity contribution in [1.29, 1.82) is 0 Å². The van der Waals surface area contributed by atoms with E-state index in [9.17, 15) is 9.59 Å². The minimum Gasteiger partial charge on any atom is -0.376 e. The second-order valence-corrected chi connectivity index (χ2v) is 7.24. The Bertz CT molecular complexity index is 777. The summed E-state index contributed by atoms with van der Waals surface area (Å²) in [5, 5.41) is 3.07. The van der Waals surface area contributed by atoms with E-state index in [2.05, 4.69) is 22.2 Å². The Morgan fingerprint density at radius 1 is 0.923 bits per heavy atom. The molecule has 0 saturated carbocycles. The van der Waals surface area contributed by atoms with Gasteiger partial charge < -0.3 is 5.32 Å². The van der Waals surface area contributed by atoms with E-state index in [1.165, 1.54) is 28.5 Å². The number of carbonyl (C=O) groups is 2. The molecule has 0 aliphatic rings. The molecule has 138 valence electrons. The molecular weight excluding hydrogens is 346 g/mol. The van der Waals surface area contributed by atoms with Crippen LogP contribution in [0.2, 0.25) is 0 Å². The molecule has 26 heavy (non-hydrogen) atoms. The summed E-state index contributed by atoms with van der Waals surface area (Å²) in [6.07, 6.45) is 0. The van der Waals surface area contributed by atoms with Crippen molar-refractivity contribution in [2.45, 2.75) is 26.5 Å². The van der Waals surface area contributed by atoms with Crippen LogP contribution in [-0.2, 0) is 15.3 Å². The highest BCUT2D eigenvalue weighted by atomic mass is 32.2. The Labute approximate surface area is 158 Å². The molecule has 0 spiro atoms. The lowest BCUT2D eigenvalue weighted by atomic mass is 10.1. The predicted molar refractivity (Wildman–Crippen MR) is 108 cm³/mol. The van der Waals surface area contributed by atoms with Crippen LogP contribution < -0.4 is 16.2 Å². The lowest BCUT2D eigenvalue weighted by Gasteiger charge is -2.11. The monoisotopic (exact) mass is 371 g/mol. The Morgan fingerprint density at radius 2 is 1.65 bits per heavy atom. The molecule has 5 nitrogen and oxygen atoms in total. The summed E-state index contributed by atoms with van der Waals surface area (Å²) in [6.45, 7) is 6.15. The number of amides is 2. The van der Waals surface area contributed by atoms with Crippen LogP contribution in [0.4, 0.5) is 5.69 Å². The third-order valence-corrected chi connectivity index (χ3v) is 4.75. The van der Waals surface area contributed by atoms with Crippen LogP contribution in [0, 0.1) is 20.8 Å². The molecule has 0 atom stereocenters. The average Bonchev–Trinajstić information content (AvgIpc) is 2.59. The molecule has 6 heteroatoms. The first-order chi connectivity index (χ1) is 12.4. The van der Waals surface area contributed by atoms with Gasteiger partial charge in [-0.2, -0.15) is 0 Å². The number of hydrogen-bond acceptors (Lipinski definition) is 4. The Balaban J connectivity index is 1.64. The number of thioether (sulfide) groups is 1. The number of rotatable bonds is 7. The van der Waals surface area contributed by atoms with Gasteiger partial charge in [0.15, 0.2) is 0 Å². The van der Waals surface area contributed by atoms with Crippen LogP contribution in [-0.4, -0.2) is 24.1 Å². The largest absolute Gasteiger partial charge is 0.376 e. The van der Waals surface area contributed by atoms with Gasteiger partial charge in [-0.3, -0.25) is 20.4 Å². The highest BCUT2D eigenvalue weighted by Crippen LogP contribution is 2.15. The maximum absolute atomic E-state index is 11.8. The molecule has 0 heterocycles. The highest BCUT2D eigenvalue weighted by Gasteiger charge is 2.06. The predicted octanol–water partition coefficient (Wildman–Crippen LogP) is 3.10. The summed E-state index contributed by atoms with van der Waals surface area (Å²) in [5.74, 6) is 0.542. The number of aryl methyl sites for hydroxylation is 3. The highest BCUT2D eigenvalue weighted by molar-refractivity contribution is 7.99. The topological polar surface area (TPSA) is 70.2 Å². The Hall–Kier alpha value is -2.47. The zero-order valence-corrected chi connectivity index (χ0v) is 16.2. The van der Waals surface area contributed by atoms with Gasteiger partial charge >= 0.3 is 0 Å². The molecule has 2 amide bonds. The summed E-state index contributed by atoms with van der Waals surface area (Å²) in [6, 6.07) is 14.2. The molecule has 2 rings (SSSR count). The van der Waals surface area contributed by atoms with Gasteiger partial charge in [-0.05, 0) is 38.0 Å². The van der Waals surface area contributed by atoms with Crippen molar-refractivity contribution in [2.75, 3.05) is 17.6 Å². The van der Waals surface area contributed by atoms with E-state index in [-0.39, 0.29) is 18.4 Å². The number of hydrogen-bond donors (Lipinski definition) is 3. The van der Waals surface area contributed by atoms with E-state index in [0.717, 1.165) is 17.0 Å². The molecule has 0 aliphatic carbocycles. The molecule has 0 aromatic heterocycles. The fraction of sp³-hybridized carbons (Fsp3) is 0.300. The van der Waals surface area contributed by atoms with Crippen molar-refractivity contribution in [1.82, 2.24) is 10.9 Å². The van der Waals surface area contributed by atoms with Crippen molar-refractivity contribution in [3.8, 4) is 0 Å². The summed E-state index contributed by atoms with van der Waals surface area (Å²) < 4.78 is 0. The summed E-state index contributed by atoms with van der Waals surface area (Å²) in [7, 11) is 0. The first-order valence-corrected chi connectivity index (χ1v) is 9.61. The van der Waals surface area contributed by atoms with Gasteiger partial charge in [-0.1, -0.05) is 47.5 Å². The van der Waals surface area contributed by atoms with Gasteiger partial charge in [0.2, 0.25) is 5.91 Å². The van der Waals surface area contributed by atoms with E-state index in [1.54, 1.807) is 0 Å². The molecule has 0 bridgehead atoms. The fourth-order valence-corrected chi connectivity index (χ4v) is 3.25. The fourth-order valence-electron chi connectivity index (χ4n) is 2.47. The first-order valence-electron chi connectivity index (χ1n) is 8.46. The molecule has 0 radical (unpaired) electrons. The van der Waals surface area contributed by atoms with E-state index >= 15 is 0 Å². The molecule has 0 aliphatic heterocycles. The van der Waals surface area contributed by atoms with Gasteiger partial charge in [0, 0.05) is 11.4 Å². The number of carbonyl (C=O) groups excluding carboxylic acids is 2. The number of hydrazine groups is 1. The Kier molecular flexibility index (Phi) is 7.53. The second-order valence-electron chi connectivity index (χ2n) is 6.25. The molecule has 2 aromatic carbocycles. The number of nitrogens with one attached hydrogen (secondary N) is 3. The number of benzene rings is 2. The SMILES string of the molecule is Cc1cccc(CSCC(=O)NNC(=O)CNc2ccc(C)cc2C)c1. The Morgan fingerprint density at radius 3 is 2.38 bits per heavy atom. The molecule has 0 fully saturated rings.